The van der Waals surface area contributed by atoms with Gasteiger partial charge in [-0.25, -0.2) is 0 Å². The van der Waals surface area contributed by atoms with E-state index in [2.05, 4.69) is 26.1 Å². The molecule has 1 heterocycles. The molecule has 1 aromatic rings. The van der Waals surface area contributed by atoms with E-state index in [4.69, 9.17) is 4.42 Å². The fourth-order valence-electron chi connectivity index (χ4n) is 1.41. The van der Waals surface area contributed by atoms with Crippen molar-refractivity contribution in [2.45, 2.75) is 26.1 Å². The summed E-state index contributed by atoms with van der Waals surface area (Å²) in [6, 6.07) is 5.56. The molecule has 3 heteroatoms. The lowest BCUT2D eigenvalue weighted by atomic mass is 10.7. The van der Waals surface area contributed by atoms with Gasteiger partial charge in [-0.1, -0.05) is 26.1 Å². The van der Waals surface area contributed by atoms with Crippen LogP contribution in [-0.2, 0) is 0 Å². The second-order valence-electron chi connectivity index (χ2n) is 3.61. The lowest BCUT2D eigenvalue weighted by Gasteiger charge is -2.17. The van der Waals surface area contributed by atoms with Crippen molar-refractivity contribution in [2.75, 3.05) is 0 Å². The first-order valence-electron chi connectivity index (χ1n) is 4.21. The SMILES string of the molecule is CC[SiH2][Si](C)(C)c1ccco1. The topological polar surface area (TPSA) is 13.1 Å². The molecule has 1 rings (SSSR count). The molecular weight excluding hydrogens is 168 g/mol. The summed E-state index contributed by atoms with van der Waals surface area (Å²) in [5, 5.41) is 1.30. The average molecular weight is 184 g/mol. The first kappa shape index (κ1) is 8.81. The number of rotatable bonds is 3. The van der Waals surface area contributed by atoms with Crippen molar-refractivity contribution >= 4 is 22.0 Å². The van der Waals surface area contributed by atoms with Crippen molar-refractivity contribution in [1.82, 2.24) is 0 Å². The lowest BCUT2D eigenvalue weighted by molar-refractivity contribution is 0.598. The molecule has 0 spiro atoms. The number of hydrogen-bond acceptors (Lipinski definition) is 1. The van der Waals surface area contributed by atoms with Gasteiger partial charge in [-0.2, -0.15) is 0 Å². The van der Waals surface area contributed by atoms with Crippen molar-refractivity contribution in [1.29, 1.82) is 0 Å². The minimum absolute atomic E-state index is 0.126. The highest BCUT2D eigenvalue weighted by Gasteiger charge is 2.25. The predicted molar refractivity (Wildman–Crippen MR) is 54.8 cm³/mol. The molecular formula is C8H16OSi2. The van der Waals surface area contributed by atoms with Gasteiger partial charge in [0.2, 0.25) is 0 Å². The predicted octanol–water partition coefficient (Wildman–Crippen LogP) is 1.30. The van der Waals surface area contributed by atoms with E-state index in [1.165, 1.54) is 11.4 Å². The molecule has 62 valence electrons. The van der Waals surface area contributed by atoms with Crippen LogP contribution in [0.25, 0.3) is 0 Å². The highest BCUT2D eigenvalue weighted by atomic mass is 29.2. The molecule has 0 radical (unpaired) electrons. The van der Waals surface area contributed by atoms with Gasteiger partial charge >= 0.3 is 0 Å². The molecule has 0 unspecified atom stereocenters. The maximum atomic E-state index is 5.45. The van der Waals surface area contributed by atoms with Crippen molar-refractivity contribution in [3.63, 3.8) is 0 Å². The molecule has 0 saturated heterocycles. The zero-order chi connectivity index (χ0) is 8.32. The molecule has 0 atom stereocenters. The molecule has 0 bridgehead atoms. The van der Waals surface area contributed by atoms with Crippen LogP contribution in [0.2, 0.25) is 19.1 Å². The van der Waals surface area contributed by atoms with Crippen molar-refractivity contribution in [2.24, 2.45) is 0 Å². The molecule has 0 aliphatic rings. The normalized spacial score (nSPS) is 13.0. The Morgan fingerprint density at radius 2 is 2.27 bits per heavy atom. The summed E-state index contributed by atoms with van der Waals surface area (Å²) < 4.78 is 5.45. The zero-order valence-corrected chi connectivity index (χ0v) is 9.97. The van der Waals surface area contributed by atoms with Gasteiger partial charge in [0.05, 0.1) is 11.6 Å². The number of furan rings is 1. The van der Waals surface area contributed by atoms with Gasteiger partial charge in [0.15, 0.2) is 0 Å². The van der Waals surface area contributed by atoms with E-state index in [-0.39, 0.29) is 9.04 Å². The third-order valence-electron chi connectivity index (χ3n) is 2.06. The van der Waals surface area contributed by atoms with E-state index >= 15 is 0 Å². The maximum absolute atomic E-state index is 5.45. The van der Waals surface area contributed by atoms with E-state index in [0.29, 0.717) is 0 Å². The van der Waals surface area contributed by atoms with Gasteiger partial charge in [-0.3, -0.25) is 0 Å². The highest BCUT2D eigenvalue weighted by molar-refractivity contribution is 7.29. The zero-order valence-electron chi connectivity index (χ0n) is 7.55. The fourth-order valence-corrected chi connectivity index (χ4v) is 8.94. The van der Waals surface area contributed by atoms with Gasteiger partial charge in [0, 0.05) is 9.04 Å². The van der Waals surface area contributed by atoms with Gasteiger partial charge in [-0.15, -0.1) is 0 Å². The van der Waals surface area contributed by atoms with E-state index in [9.17, 15) is 0 Å². The second-order valence-corrected chi connectivity index (χ2v) is 16.2. The summed E-state index contributed by atoms with van der Waals surface area (Å²) in [5.74, 6) is 0. The van der Waals surface area contributed by atoms with Gasteiger partial charge in [-0.05, 0) is 12.1 Å². The smallest absolute Gasteiger partial charge is 0.111 e. The molecule has 0 N–H and O–H groups in total. The molecule has 0 aliphatic carbocycles. The van der Waals surface area contributed by atoms with E-state index in [1.54, 1.807) is 6.26 Å². The van der Waals surface area contributed by atoms with Crippen molar-refractivity contribution < 1.29 is 4.42 Å². The van der Waals surface area contributed by atoms with E-state index < -0.39 is 7.59 Å². The average Bonchev–Trinajstić information content (AvgIpc) is 2.37. The third-order valence-corrected chi connectivity index (χ3v) is 11.7. The van der Waals surface area contributed by atoms with Crippen LogP contribution in [-0.4, -0.2) is 16.6 Å². The van der Waals surface area contributed by atoms with Crippen molar-refractivity contribution in [3.05, 3.63) is 18.4 Å². The Kier molecular flexibility index (Phi) is 2.73. The Labute approximate surface area is 71.4 Å². The molecule has 0 saturated carbocycles. The summed E-state index contributed by atoms with van der Waals surface area (Å²) in [6.45, 7) is 7.13. The quantitative estimate of drug-likeness (QED) is 0.646. The summed E-state index contributed by atoms with van der Waals surface area (Å²) in [5.41, 5.74) is 0. The van der Waals surface area contributed by atoms with Crippen LogP contribution >= 0.6 is 0 Å². The van der Waals surface area contributed by atoms with Gasteiger partial charge in [0.1, 0.15) is 7.59 Å². The Morgan fingerprint density at radius 3 is 2.73 bits per heavy atom. The van der Waals surface area contributed by atoms with E-state index in [0.717, 1.165) is 0 Å². The highest BCUT2D eigenvalue weighted by Crippen LogP contribution is 2.03. The molecule has 0 aromatic carbocycles. The molecule has 1 aromatic heterocycles. The summed E-state index contributed by atoms with van der Waals surface area (Å²) in [6.07, 6.45) is 1.80. The second kappa shape index (κ2) is 3.41. The van der Waals surface area contributed by atoms with Crippen LogP contribution in [0.4, 0.5) is 0 Å². The summed E-state index contributed by atoms with van der Waals surface area (Å²) in [4.78, 5) is 0. The first-order valence-corrected chi connectivity index (χ1v) is 10.5. The van der Waals surface area contributed by atoms with Crippen LogP contribution < -0.4 is 5.38 Å². The van der Waals surface area contributed by atoms with Crippen LogP contribution in [0.3, 0.4) is 0 Å². The van der Waals surface area contributed by atoms with E-state index in [1.807, 2.05) is 6.07 Å². The fraction of sp³-hybridized carbons (Fsp3) is 0.500. The Balaban J connectivity index is 2.73. The molecule has 1 nitrogen and oxygen atoms in total. The molecule has 0 amide bonds. The Morgan fingerprint density at radius 1 is 1.55 bits per heavy atom. The minimum atomic E-state index is -1.05. The van der Waals surface area contributed by atoms with Gasteiger partial charge in [0.25, 0.3) is 0 Å². The number of hydrogen-bond donors (Lipinski definition) is 0. The monoisotopic (exact) mass is 184 g/mol. The third kappa shape index (κ3) is 2.07. The standard InChI is InChI=1S/C8H16OSi2/c1-4-10-11(2,3)8-6-5-7-9-8/h5-7H,4,10H2,1-3H3. The minimum Gasteiger partial charge on any atom is -0.475 e. The lowest BCUT2D eigenvalue weighted by Crippen LogP contribution is -2.46. The van der Waals surface area contributed by atoms with Crippen LogP contribution in [0.15, 0.2) is 22.8 Å². The first-order chi connectivity index (χ1) is 5.17. The Bertz CT molecular complexity index is 204. The largest absolute Gasteiger partial charge is 0.475 e. The molecule has 11 heavy (non-hydrogen) atoms. The van der Waals surface area contributed by atoms with Crippen LogP contribution in [0, 0.1) is 0 Å². The van der Waals surface area contributed by atoms with Crippen LogP contribution in [0.1, 0.15) is 6.92 Å². The molecule has 0 aliphatic heterocycles. The molecule has 0 fully saturated rings. The Hall–Kier alpha value is -0.286. The summed E-state index contributed by atoms with van der Waals surface area (Å²) in [7, 11) is -0.929. The summed E-state index contributed by atoms with van der Waals surface area (Å²) >= 11 is 0. The maximum Gasteiger partial charge on any atom is 0.111 e. The van der Waals surface area contributed by atoms with Gasteiger partial charge < -0.3 is 4.42 Å². The van der Waals surface area contributed by atoms with Crippen LogP contribution in [0.5, 0.6) is 0 Å². The van der Waals surface area contributed by atoms with Crippen molar-refractivity contribution in [3.8, 4) is 0 Å².